The van der Waals surface area contributed by atoms with Crippen molar-refractivity contribution in [2.24, 2.45) is 5.73 Å². The Labute approximate surface area is 132 Å². The normalized spacial score (nSPS) is 26.6. The molecule has 1 spiro atoms. The largest absolute Gasteiger partial charge is 0.368 e. The Morgan fingerprint density at radius 2 is 1.86 bits per heavy atom. The van der Waals surface area contributed by atoms with Crippen LogP contribution in [0.5, 0.6) is 0 Å². The number of hydrogen-bond acceptors (Lipinski definition) is 5. The number of rotatable bonds is 2. The summed E-state index contributed by atoms with van der Waals surface area (Å²) < 4.78 is 0. The molecule has 2 fully saturated rings. The van der Waals surface area contributed by atoms with E-state index >= 15 is 0 Å². The summed E-state index contributed by atoms with van der Waals surface area (Å²) in [7, 11) is 0. The molecule has 3 aliphatic rings. The van der Waals surface area contributed by atoms with E-state index in [1.807, 2.05) is 0 Å². The van der Waals surface area contributed by atoms with Gasteiger partial charge in [-0.05, 0) is 44.9 Å². The van der Waals surface area contributed by atoms with Crippen LogP contribution in [0.25, 0.3) is 0 Å². The maximum absolute atomic E-state index is 6.11. The number of hydrogen-bond donors (Lipinski definition) is 2. The number of aromatic nitrogens is 2. The van der Waals surface area contributed by atoms with Gasteiger partial charge in [0.15, 0.2) is 0 Å². The molecule has 1 aromatic rings. The van der Waals surface area contributed by atoms with Crippen molar-refractivity contribution in [1.82, 2.24) is 9.97 Å². The molecular formula is C17H27N5. The molecule has 1 aromatic heterocycles. The van der Waals surface area contributed by atoms with Crippen molar-refractivity contribution in [1.29, 1.82) is 0 Å². The summed E-state index contributed by atoms with van der Waals surface area (Å²) in [6.45, 7) is 1.75. The van der Waals surface area contributed by atoms with Crippen molar-refractivity contribution in [3.8, 4) is 0 Å². The number of nitrogen functional groups attached to an aromatic ring is 1. The minimum atomic E-state index is 0.289. The second kappa shape index (κ2) is 5.37. The number of nitrogens with zero attached hydrogens (tertiary/aromatic N) is 3. The molecule has 22 heavy (non-hydrogen) atoms. The second-order valence-electron chi connectivity index (χ2n) is 7.30. The first-order chi connectivity index (χ1) is 10.7. The molecule has 5 heteroatoms. The third-order valence-electron chi connectivity index (χ3n) is 6.07. The van der Waals surface area contributed by atoms with Crippen LogP contribution in [0.2, 0.25) is 0 Å². The van der Waals surface area contributed by atoms with Crippen molar-refractivity contribution in [3.05, 3.63) is 11.3 Å². The van der Waals surface area contributed by atoms with E-state index in [0.717, 1.165) is 18.8 Å². The van der Waals surface area contributed by atoms with E-state index in [4.69, 9.17) is 16.5 Å². The van der Waals surface area contributed by atoms with Gasteiger partial charge in [-0.3, -0.25) is 0 Å². The lowest BCUT2D eigenvalue weighted by Gasteiger charge is -2.37. The van der Waals surface area contributed by atoms with E-state index < -0.39 is 0 Å². The van der Waals surface area contributed by atoms with E-state index in [1.165, 1.54) is 62.6 Å². The second-order valence-corrected chi connectivity index (χ2v) is 7.30. The van der Waals surface area contributed by atoms with Crippen LogP contribution < -0.4 is 16.4 Å². The topological polar surface area (TPSA) is 81.1 Å². The molecule has 2 aliphatic carbocycles. The first kappa shape index (κ1) is 14.2. The molecule has 120 valence electrons. The van der Waals surface area contributed by atoms with E-state index in [9.17, 15) is 0 Å². The summed E-state index contributed by atoms with van der Waals surface area (Å²) >= 11 is 0. The summed E-state index contributed by atoms with van der Waals surface area (Å²) in [5.41, 5.74) is 15.0. The molecule has 1 aliphatic heterocycles. The molecule has 1 saturated heterocycles. The molecule has 2 heterocycles. The Morgan fingerprint density at radius 3 is 2.64 bits per heavy atom. The summed E-state index contributed by atoms with van der Waals surface area (Å²) in [4.78, 5) is 11.8. The molecule has 1 saturated carbocycles. The van der Waals surface area contributed by atoms with E-state index in [0.29, 0.717) is 18.5 Å². The molecule has 0 unspecified atom stereocenters. The molecule has 0 radical (unpaired) electrons. The van der Waals surface area contributed by atoms with Crippen LogP contribution in [-0.2, 0) is 11.8 Å². The van der Waals surface area contributed by atoms with Crippen molar-refractivity contribution < 1.29 is 0 Å². The quantitative estimate of drug-likeness (QED) is 0.874. The first-order valence-corrected chi connectivity index (χ1v) is 8.87. The van der Waals surface area contributed by atoms with Crippen LogP contribution in [0, 0.1) is 0 Å². The van der Waals surface area contributed by atoms with E-state index in [2.05, 4.69) is 9.88 Å². The van der Waals surface area contributed by atoms with Crippen LogP contribution >= 0.6 is 0 Å². The average Bonchev–Trinajstić information content (AvgIpc) is 3.17. The molecule has 4 rings (SSSR count). The van der Waals surface area contributed by atoms with E-state index in [1.54, 1.807) is 0 Å². The lowest BCUT2D eigenvalue weighted by Crippen LogP contribution is -2.38. The Balaban J connectivity index is 1.82. The fourth-order valence-electron chi connectivity index (χ4n) is 5.02. The van der Waals surface area contributed by atoms with E-state index in [-0.39, 0.29) is 5.41 Å². The minimum Gasteiger partial charge on any atom is -0.368 e. The summed E-state index contributed by atoms with van der Waals surface area (Å²) in [6.07, 6.45) is 11.2. The zero-order chi connectivity index (χ0) is 15.2. The van der Waals surface area contributed by atoms with Gasteiger partial charge in [-0.2, -0.15) is 4.98 Å². The highest BCUT2D eigenvalue weighted by Gasteiger charge is 2.42. The van der Waals surface area contributed by atoms with Gasteiger partial charge < -0.3 is 16.4 Å². The van der Waals surface area contributed by atoms with Gasteiger partial charge in [0.2, 0.25) is 5.95 Å². The molecule has 5 nitrogen and oxygen atoms in total. The Hall–Kier alpha value is -1.36. The summed E-state index contributed by atoms with van der Waals surface area (Å²) in [5, 5.41) is 0. The van der Waals surface area contributed by atoms with Gasteiger partial charge in [-0.1, -0.05) is 12.8 Å². The highest BCUT2D eigenvalue weighted by Crippen LogP contribution is 2.49. The minimum absolute atomic E-state index is 0.289. The predicted molar refractivity (Wildman–Crippen MR) is 89.0 cm³/mol. The summed E-state index contributed by atoms with van der Waals surface area (Å²) in [6, 6.07) is 0.417. The van der Waals surface area contributed by atoms with Gasteiger partial charge in [0, 0.05) is 30.1 Å². The molecule has 0 amide bonds. The number of nitrogens with two attached hydrogens (primary N) is 2. The third kappa shape index (κ3) is 2.09. The number of anilines is 2. The van der Waals surface area contributed by atoms with Crippen LogP contribution in [-0.4, -0.2) is 29.1 Å². The van der Waals surface area contributed by atoms with Gasteiger partial charge in [0.05, 0.1) is 5.69 Å². The van der Waals surface area contributed by atoms with Gasteiger partial charge in [-0.25, -0.2) is 4.98 Å². The maximum atomic E-state index is 6.11. The van der Waals surface area contributed by atoms with Crippen molar-refractivity contribution in [2.75, 3.05) is 23.7 Å². The molecule has 4 N–H and O–H groups in total. The molecule has 1 atom stereocenters. The fourth-order valence-corrected chi connectivity index (χ4v) is 5.02. The van der Waals surface area contributed by atoms with Crippen molar-refractivity contribution >= 4 is 11.8 Å². The van der Waals surface area contributed by atoms with Crippen LogP contribution in [0.3, 0.4) is 0 Å². The average molecular weight is 301 g/mol. The first-order valence-electron chi connectivity index (χ1n) is 8.87. The Morgan fingerprint density at radius 1 is 1.09 bits per heavy atom. The lowest BCUT2D eigenvalue weighted by atomic mass is 9.71. The van der Waals surface area contributed by atoms with Crippen LogP contribution in [0.15, 0.2) is 0 Å². The van der Waals surface area contributed by atoms with Crippen molar-refractivity contribution in [3.63, 3.8) is 0 Å². The summed E-state index contributed by atoms with van der Waals surface area (Å²) in [5.74, 6) is 1.55. The monoisotopic (exact) mass is 301 g/mol. The maximum Gasteiger partial charge on any atom is 0.222 e. The molecule has 0 aromatic carbocycles. The van der Waals surface area contributed by atoms with Gasteiger partial charge in [0.1, 0.15) is 5.82 Å². The third-order valence-corrected chi connectivity index (χ3v) is 6.07. The lowest BCUT2D eigenvalue weighted by molar-refractivity contribution is 0.357. The van der Waals surface area contributed by atoms with Crippen LogP contribution in [0.4, 0.5) is 11.8 Å². The molecular weight excluding hydrogens is 274 g/mol. The van der Waals surface area contributed by atoms with Gasteiger partial charge in [0.25, 0.3) is 0 Å². The van der Waals surface area contributed by atoms with Crippen molar-refractivity contribution in [2.45, 2.75) is 69.2 Å². The standard InChI is InChI=1S/C17H27N5/c18-11-12-5-4-10-22(12)15-13-6-3-9-17(7-1-2-8-17)14(13)20-16(19)21-15/h12H,1-11,18H2,(H2,19,20,21)/t12-/m0/s1. The molecule has 0 bridgehead atoms. The fraction of sp³-hybridized carbons (Fsp3) is 0.765. The zero-order valence-corrected chi connectivity index (χ0v) is 13.4. The SMILES string of the molecule is NC[C@@H]1CCCN1c1nc(N)nc2c1CCCC21CCCC1. The highest BCUT2D eigenvalue weighted by atomic mass is 15.3. The predicted octanol–water partition coefficient (Wildman–Crippen LogP) is 2.13. The van der Waals surface area contributed by atoms with Gasteiger partial charge in [-0.15, -0.1) is 0 Å². The smallest absolute Gasteiger partial charge is 0.222 e. The Bertz CT molecular complexity index is 564. The van der Waals surface area contributed by atoms with Crippen LogP contribution in [0.1, 0.15) is 62.6 Å². The van der Waals surface area contributed by atoms with Gasteiger partial charge >= 0.3 is 0 Å². The highest BCUT2D eigenvalue weighted by molar-refractivity contribution is 5.56. The number of fused-ring (bicyclic) bond motifs is 2. The Kier molecular flexibility index (Phi) is 3.48. The zero-order valence-electron chi connectivity index (χ0n) is 13.4.